The molecule has 0 spiro atoms. The first kappa shape index (κ1) is 11.1. The third-order valence-electron chi connectivity index (χ3n) is 2.39. The van der Waals surface area contributed by atoms with Gasteiger partial charge in [-0.3, -0.25) is 9.20 Å². The number of carbonyl (C=O) groups is 2. The molecule has 2 aromatic heterocycles. The number of carboxylic acids is 1. The Hall–Kier alpha value is -2.37. The van der Waals surface area contributed by atoms with Crippen molar-refractivity contribution in [3.63, 3.8) is 0 Å². The second kappa shape index (κ2) is 3.89. The summed E-state index contributed by atoms with van der Waals surface area (Å²) >= 11 is 0. The Kier molecular flexibility index (Phi) is 2.55. The highest BCUT2D eigenvalue weighted by Gasteiger charge is 2.13. The average Bonchev–Trinajstić information content (AvgIpc) is 2.70. The average molecular weight is 233 g/mol. The van der Waals surface area contributed by atoms with Crippen LogP contribution in [0.15, 0.2) is 24.5 Å². The van der Waals surface area contributed by atoms with Gasteiger partial charge >= 0.3 is 5.97 Å². The van der Waals surface area contributed by atoms with Gasteiger partial charge in [-0.2, -0.15) is 0 Å². The van der Waals surface area contributed by atoms with Crippen LogP contribution in [-0.2, 0) is 0 Å². The molecule has 17 heavy (non-hydrogen) atoms. The van der Waals surface area contributed by atoms with Gasteiger partial charge < -0.3 is 10.0 Å². The Morgan fingerprint density at radius 3 is 2.71 bits per heavy atom. The number of hydrogen-bond acceptors (Lipinski definition) is 3. The molecule has 0 aliphatic rings. The number of carbonyl (C=O) groups excluding carboxylic acids is 1. The van der Waals surface area contributed by atoms with E-state index in [-0.39, 0.29) is 11.6 Å². The molecule has 0 bridgehead atoms. The number of aromatic carboxylic acids is 1. The van der Waals surface area contributed by atoms with Gasteiger partial charge in [0.2, 0.25) is 0 Å². The minimum atomic E-state index is -1.05. The second-order valence-electron chi connectivity index (χ2n) is 3.79. The van der Waals surface area contributed by atoms with E-state index in [0.717, 1.165) is 0 Å². The molecule has 0 unspecified atom stereocenters. The SMILES string of the molecule is CN(C)C(=O)c1ccn2c(C(=O)O)cnc2c1. The summed E-state index contributed by atoms with van der Waals surface area (Å²) in [5, 5.41) is 8.90. The molecule has 1 N–H and O–H groups in total. The zero-order valence-electron chi connectivity index (χ0n) is 9.41. The van der Waals surface area contributed by atoms with Crippen molar-refractivity contribution < 1.29 is 14.7 Å². The summed E-state index contributed by atoms with van der Waals surface area (Å²) < 4.78 is 1.43. The van der Waals surface area contributed by atoms with Crippen molar-refractivity contribution in [2.45, 2.75) is 0 Å². The molecule has 0 atom stereocenters. The maximum Gasteiger partial charge on any atom is 0.354 e. The number of aromatic nitrogens is 2. The zero-order valence-corrected chi connectivity index (χ0v) is 9.41. The summed E-state index contributed by atoms with van der Waals surface area (Å²) in [5.74, 6) is -1.20. The second-order valence-corrected chi connectivity index (χ2v) is 3.79. The Morgan fingerprint density at radius 2 is 2.12 bits per heavy atom. The van der Waals surface area contributed by atoms with E-state index in [1.807, 2.05) is 0 Å². The first-order valence-electron chi connectivity index (χ1n) is 4.93. The molecular formula is C11H11N3O3. The van der Waals surface area contributed by atoms with Crippen LogP contribution in [0.1, 0.15) is 20.8 Å². The number of hydrogen-bond donors (Lipinski definition) is 1. The van der Waals surface area contributed by atoms with Gasteiger partial charge in [0.05, 0.1) is 6.20 Å². The van der Waals surface area contributed by atoms with Crippen molar-refractivity contribution in [1.82, 2.24) is 14.3 Å². The van der Waals surface area contributed by atoms with E-state index in [2.05, 4.69) is 4.98 Å². The normalized spacial score (nSPS) is 10.5. The topological polar surface area (TPSA) is 74.9 Å². The summed E-state index contributed by atoms with van der Waals surface area (Å²) in [5.41, 5.74) is 0.990. The molecule has 6 heteroatoms. The monoisotopic (exact) mass is 233 g/mol. The first-order chi connectivity index (χ1) is 8.00. The van der Waals surface area contributed by atoms with Crippen LogP contribution in [0.25, 0.3) is 5.65 Å². The van der Waals surface area contributed by atoms with Crippen LogP contribution in [-0.4, -0.2) is 45.4 Å². The van der Waals surface area contributed by atoms with E-state index in [1.165, 1.54) is 21.7 Å². The highest BCUT2D eigenvalue weighted by atomic mass is 16.4. The van der Waals surface area contributed by atoms with E-state index in [1.54, 1.807) is 26.2 Å². The number of imidazole rings is 1. The van der Waals surface area contributed by atoms with Crippen LogP contribution in [0, 0.1) is 0 Å². The van der Waals surface area contributed by atoms with Gasteiger partial charge in [0, 0.05) is 25.9 Å². The molecule has 0 saturated heterocycles. The van der Waals surface area contributed by atoms with Crippen molar-refractivity contribution >= 4 is 17.5 Å². The molecular weight excluding hydrogens is 222 g/mol. The molecule has 0 aliphatic heterocycles. The van der Waals surface area contributed by atoms with Crippen LogP contribution in [0.5, 0.6) is 0 Å². The van der Waals surface area contributed by atoms with Gasteiger partial charge in [-0.1, -0.05) is 0 Å². The summed E-state index contributed by atoms with van der Waals surface area (Å²) in [6.45, 7) is 0. The van der Waals surface area contributed by atoms with Crippen LogP contribution >= 0.6 is 0 Å². The lowest BCUT2D eigenvalue weighted by atomic mass is 10.2. The van der Waals surface area contributed by atoms with Crippen LogP contribution in [0.3, 0.4) is 0 Å². The highest BCUT2D eigenvalue weighted by Crippen LogP contribution is 2.10. The molecule has 2 heterocycles. The van der Waals surface area contributed by atoms with Crippen molar-refractivity contribution in [2.75, 3.05) is 14.1 Å². The summed E-state index contributed by atoms with van der Waals surface area (Å²) in [6, 6.07) is 3.14. The fourth-order valence-corrected chi connectivity index (χ4v) is 1.53. The predicted octanol–water partition coefficient (Wildman–Crippen LogP) is 0.734. The Morgan fingerprint density at radius 1 is 1.41 bits per heavy atom. The Bertz CT molecular complexity index is 601. The third-order valence-corrected chi connectivity index (χ3v) is 2.39. The molecule has 2 rings (SSSR count). The lowest BCUT2D eigenvalue weighted by molar-refractivity contribution is 0.0689. The standard InChI is InChI=1S/C11H11N3O3/c1-13(2)10(15)7-3-4-14-8(11(16)17)6-12-9(14)5-7/h3-6H,1-2H3,(H,16,17). The highest BCUT2D eigenvalue weighted by molar-refractivity contribution is 5.95. The minimum Gasteiger partial charge on any atom is -0.477 e. The lowest BCUT2D eigenvalue weighted by Gasteiger charge is -2.10. The van der Waals surface area contributed by atoms with E-state index in [0.29, 0.717) is 11.2 Å². The van der Waals surface area contributed by atoms with Crippen LogP contribution < -0.4 is 0 Å². The first-order valence-corrected chi connectivity index (χ1v) is 4.93. The number of pyridine rings is 1. The zero-order chi connectivity index (χ0) is 12.6. The molecule has 0 saturated carbocycles. The maximum absolute atomic E-state index is 11.7. The quantitative estimate of drug-likeness (QED) is 0.829. The summed E-state index contributed by atoms with van der Waals surface area (Å²) in [7, 11) is 3.31. The molecule has 88 valence electrons. The number of fused-ring (bicyclic) bond motifs is 1. The van der Waals surface area contributed by atoms with E-state index in [9.17, 15) is 9.59 Å². The fourth-order valence-electron chi connectivity index (χ4n) is 1.53. The van der Waals surface area contributed by atoms with Crippen molar-refractivity contribution in [3.05, 3.63) is 35.8 Å². The van der Waals surface area contributed by atoms with Gasteiger partial charge in [-0.15, -0.1) is 0 Å². The summed E-state index contributed by atoms with van der Waals surface area (Å²) in [6.07, 6.45) is 2.80. The van der Waals surface area contributed by atoms with Crippen LogP contribution in [0.4, 0.5) is 0 Å². The van der Waals surface area contributed by atoms with E-state index < -0.39 is 5.97 Å². The van der Waals surface area contributed by atoms with Gasteiger partial charge in [-0.05, 0) is 12.1 Å². The number of nitrogens with zero attached hydrogens (tertiary/aromatic N) is 3. The molecule has 2 aromatic rings. The van der Waals surface area contributed by atoms with Gasteiger partial charge in [0.1, 0.15) is 5.65 Å². The number of carboxylic acid groups (broad SMARTS) is 1. The van der Waals surface area contributed by atoms with Gasteiger partial charge in [0.15, 0.2) is 5.69 Å². The van der Waals surface area contributed by atoms with E-state index in [4.69, 9.17) is 5.11 Å². The molecule has 1 amide bonds. The number of amides is 1. The fraction of sp³-hybridized carbons (Fsp3) is 0.182. The number of rotatable bonds is 2. The molecule has 0 radical (unpaired) electrons. The largest absolute Gasteiger partial charge is 0.477 e. The molecule has 6 nitrogen and oxygen atoms in total. The van der Waals surface area contributed by atoms with Crippen molar-refractivity contribution in [2.24, 2.45) is 0 Å². The van der Waals surface area contributed by atoms with E-state index >= 15 is 0 Å². The van der Waals surface area contributed by atoms with Crippen LogP contribution in [0.2, 0.25) is 0 Å². The minimum absolute atomic E-state index is 0.0730. The molecule has 0 aromatic carbocycles. The molecule has 0 aliphatic carbocycles. The summed E-state index contributed by atoms with van der Waals surface area (Å²) in [4.78, 5) is 28.0. The predicted molar refractivity (Wildman–Crippen MR) is 60.2 cm³/mol. The van der Waals surface area contributed by atoms with Crippen molar-refractivity contribution in [1.29, 1.82) is 0 Å². The van der Waals surface area contributed by atoms with Gasteiger partial charge in [0.25, 0.3) is 5.91 Å². The van der Waals surface area contributed by atoms with Crippen molar-refractivity contribution in [3.8, 4) is 0 Å². The Labute approximate surface area is 97.1 Å². The Balaban J connectivity index is 2.53. The smallest absolute Gasteiger partial charge is 0.354 e. The lowest BCUT2D eigenvalue weighted by Crippen LogP contribution is -2.21. The third kappa shape index (κ3) is 1.84. The van der Waals surface area contributed by atoms with Gasteiger partial charge in [-0.25, -0.2) is 9.78 Å². The molecule has 0 fully saturated rings. The maximum atomic E-state index is 11.7.